The Morgan fingerprint density at radius 2 is 1.71 bits per heavy atom. The zero-order chi connectivity index (χ0) is 12.3. The lowest BCUT2D eigenvalue weighted by Gasteiger charge is -2.27. The van der Waals surface area contributed by atoms with Gasteiger partial charge in [-0.1, -0.05) is 30.3 Å². The molecule has 2 rings (SSSR count). The number of nitrogens with zero attached hydrogens (tertiary/aromatic N) is 1. The largest absolute Gasteiger partial charge is 0.339 e. The molecule has 1 aromatic rings. The van der Waals surface area contributed by atoms with Gasteiger partial charge in [-0.3, -0.25) is 4.79 Å². The molecule has 1 saturated heterocycles. The molecule has 0 bridgehead atoms. The lowest BCUT2D eigenvalue weighted by atomic mass is 10.0. The molecule has 0 aromatic heterocycles. The van der Waals surface area contributed by atoms with E-state index < -0.39 is 0 Å². The molecule has 1 aliphatic rings. The molecular weight excluding hydrogens is 234 g/mol. The van der Waals surface area contributed by atoms with Gasteiger partial charge in [0.2, 0.25) is 0 Å². The first-order chi connectivity index (χ1) is 8.18. The third-order valence-corrected chi connectivity index (χ3v) is 3.35. The summed E-state index contributed by atoms with van der Waals surface area (Å²) >= 11 is 5.82. The fourth-order valence-corrected chi connectivity index (χ4v) is 2.19. The van der Waals surface area contributed by atoms with Crippen LogP contribution in [0.2, 0.25) is 5.02 Å². The van der Waals surface area contributed by atoms with E-state index in [9.17, 15) is 4.79 Å². The molecule has 0 unspecified atom stereocenters. The van der Waals surface area contributed by atoms with Crippen LogP contribution in [0.1, 0.15) is 24.8 Å². The molecule has 0 N–H and O–H groups in total. The number of halogens is 1. The van der Waals surface area contributed by atoms with E-state index in [4.69, 9.17) is 11.6 Å². The maximum Gasteiger partial charge on any atom is 0.253 e. The van der Waals surface area contributed by atoms with Crippen LogP contribution in [0.5, 0.6) is 0 Å². The van der Waals surface area contributed by atoms with Gasteiger partial charge in [-0.15, -0.1) is 0 Å². The second kappa shape index (κ2) is 5.37. The molecule has 1 aromatic carbocycles. The lowest BCUT2D eigenvalue weighted by molar-refractivity contribution is -0.125. The molecule has 0 aliphatic carbocycles. The highest BCUT2D eigenvalue weighted by Crippen LogP contribution is 2.20. The monoisotopic (exact) mass is 249 g/mol. The van der Waals surface area contributed by atoms with Crippen LogP contribution in [0, 0.1) is 0 Å². The van der Waals surface area contributed by atoms with E-state index in [0.717, 1.165) is 31.5 Å². The van der Waals surface area contributed by atoms with Crippen molar-refractivity contribution in [3.8, 4) is 0 Å². The standard InChI is InChI=1S/C14H16ClNO/c1-11(12-5-7-13(15)8-6-12)14(17)16-9-3-2-4-10-16/h5-8H,1-4,9-10H2. The van der Waals surface area contributed by atoms with Crippen molar-refractivity contribution in [2.75, 3.05) is 13.1 Å². The SMILES string of the molecule is C=C(C(=O)N1CCCCC1)c1ccc(Cl)cc1. The number of hydrogen-bond donors (Lipinski definition) is 0. The van der Waals surface area contributed by atoms with Gasteiger partial charge in [0.1, 0.15) is 0 Å². The van der Waals surface area contributed by atoms with Gasteiger partial charge in [-0.2, -0.15) is 0 Å². The van der Waals surface area contributed by atoms with Crippen molar-refractivity contribution in [3.05, 3.63) is 41.4 Å². The van der Waals surface area contributed by atoms with E-state index in [0.29, 0.717) is 10.6 Å². The highest BCUT2D eigenvalue weighted by atomic mass is 35.5. The van der Waals surface area contributed by atoms with E-state index in [1.807, 2.05) is 17.0 Å². The molecule has 1 amide bonds. The lowest BCUT2D eigenvalue weighted by Crippen LogP contribution is -2.35. The van der Waals surface area contributed by atoms with Gasteiger partial charge >= 0.3 is 0 Å². The molecule has 0 saturated carbocycles. The predicted molar refractivity (Wildman–Crippen MR) is 70.9 cm³/mol. The van der Waals surface area contributed by atoms with Crippen molar-refractivity contribution in [2.24, 2.45) is 0 Å². The normalized spacial score (nSPS) is 15.7. The molecule has 1 fully saturated rings. The molecule has 1 heterocycles. The highest BCUT2D eigenvalue weighted by molar-refractivity contribution is 6.30. The first-order valence-electron chi connectivity index (χ1n) is 5.92. The van der Waals surface area contributed by atoms with Crippen molar-refractivity contribution in [1.29, 1.82) is 0 Å². The van der Waals surface area contributed by atoms with Crippen molar-refractivity contribution in [3.63, 3.8) is 0 Å². The van der Waals surface area contributed by atoms with Crippen molar-refractivity contribution >= 4 is 23.1 Å². The zero-order valence-electron chi connectivity index (χ0n) is 9.79. The van der Waals surface area contributed by atoms with Crippen molar-refractivity contribution in [1.82, 2.24) is 4.90 Å². The van der Waals surface area contributed by atoms with Gasteiger partial charge < -0.3 is 4.90 Å². The summed E-state index contributed by atoms with van der Waals surface area (Å²) in [5.41, 5.74) is 1.41. The van der Waals surface area contributed by atoms with Crippen LogP contribution in [-0.4, -0.2) is 23.9 Å². The fourth-order valence-electron chi connectivity index (χ4n) is 2.06. The van der Waals surface area contributed by atoms with Gasteiger partial charge in [0.25, 0.3) is 5.91 Å². The third-order valence-electron chi connectivity index (χ3n) is 3.09. The quantitative estimate of drug-likeness (QED) is 0.736. The summed E-state index contributed by atoms with van der Waals surface area (Å²) in [5, 5.41) is 0.673. The average Bonchev–Trinajstić information content (AvgIpc) is 2.39. The summed E-state index contributed by atoms with van der Waals surface area (Å²) in [6.07, 6.45) is 3.41. The second-order valence-electron chi connectivity index (χ2n) is 4.34. The van der Waals surface area contributed by atoms with Crippen LogP contribution < -0.4 is 0 Å². The van der Waals surface area contributed by atoms with Gasteiger partial charge in [-0.05, 0) is 37.0 Å². The number of hydrogen-bond acceptors (Lipinski definition) is 1. The van der Waals surface area contributed by atoms with Crippen LogP contribution in [-0.2, 0) is 4.79 Å². The van der Waals surface area contributed by atoms with Crippen LogP contribution >= 0.6 is 11.6 Å². The summed E-state index contributed by atoms with van der Waals surface area (Å²) < 4.78 is 0. The molecule has 1 aliphatic heterocycles. The van der Waals surface area contributed by atoms with Gasteiger partial charge in [-0.25, -0.2) is 0 Å². The molecule has 0 atom stereocenters. The Kier molecular flexibility index (Phi) is 3.85. The topological polar surface area (TPSA) is 20.3 Å². The van der Waals surface area contributed by atoms with Gasteiger partial charge in [0, 0.05) is 23.7 Å². The molecule has 90 valence electrons. The highest BCUT2D eigenvalue weighted by Gasteiger charge is 2.19. The minimum absolute atomic E-state index is 0.0482. The maximum atomic E-state index is 12.2. The minimum Gasteiger partial charge on any atom is -0.339 e. The first kappa shape index (κ1) is 12.2. The van der Waals surface area contributed by atoms with Crippen LogP contribution in [0.4, 0.5) is 0 Å². The Bertz CT molecular complexity index is 418. The van der Waals surface area contributed by atoms with Crippen LogP contribution in [0.3, 0.4) is 0 Å². The number of carbonyl (C=O) groups excluding carboxylic acids is 1. The van der Waals surface area contributed by atoms with E-state index in [1.165, 1.54) is 6.42 Å². The maximum absolute atomic E-state index is 12.2. The Labute approximate surface area is 107 Å². The van der Waals surface area contributed by atoms with Crippen molar-refractivity contribution in [2.45, 2.75) is 19.3 Å². The summed E-state index contributed by atoms with van der Waals surface area (Å²) in [4.78, 5) is 14.1. The fraction of sp³-hybridized carbons (Fsp3) is 0.357. The predicted octanol–water partition coefficient (Wildman–Crippen LogP) is 3.37. The molecule has 3 heteroatoms. The van der Waals surface area contributed by atoms with E-state index in [2.05, 4.69) is 6.58 Å². The number of carbonyl (C=O) groups is 1. The molecular formula is C14H16ClNO. The van der Waals surface area contributed by atoms with E-state index in [-0.39, 0.29) is 5.91 Å². The van der Waals surface area contributed by atoms with E-state index in [1.54, 1.807) is 12.1 Å². The van der Waals surface area contributed by atoms with Crippen LogP contribution in [0.15, 0.2) is 30.8 Å². The first-order valence-corrected chi connectivity index (χ1v) is 6.30. The molecule has 0 spiro atoms. The number of rotatable bonds is 2. The summed E-state index contributed by atoms with van der Waals surface area (Å²) in [5.74, 6) is 0.0482. The number of likely N-dealkylation sites (tertiary alicyclic amines) is 1. The summed E-state index contributed by atoms with van der Waals surface area (Å²) in [6.45, 7) is 5.60. The Morgan fingerprint density at radius 1 is 1.12 bits per heavy atom. The second-order valence-corrected chi connectivity index (χ2v) is 4.77. The molecule has 17 heavy (non-hydrogen) atoms. The Hall–Kier alpha value is -1.28. The molecule has 2 nitrogen and oxygen atoms in total. The molecule has 0 radical (unpaired) electrons. The minimum atomic E-state index is 0.0482. The number of amides is 1. The van der Waals surface area contributed by atoms with Gasteiger partial charge in [0.15, 0.2) is 0 Å². The zero-order valence-corrected chi connectivity index (χ0v) is 10.5. The Balaban J connectivity index is 2.08. The third kappa shape index (κ3) is 2.89. The summed E-state index contributed by atoms with van der Waals surface area (Å²) in [6, 6.07) is 7.25. The van der Waals surface area contributed by atoms with Gasteiger partial charge in [0.05, 0.1) is 0 Å². The summed E-state index contributed by atoms with van der Waals surface area (Å²) in [7, 11) is 0. The average molecular weight is 250 g/mol. The Morgan fingerprint density at radius 3 is 2.29 bits per heavy atom. The number of piperidine rings is 1. The smallest absolute Gasteiger partial charge is 0.253 e. The number of benzene rings is 1. The van der Waals surface area contributed by atoms with Crippen LogP contribution in [0.25, 0.3) is 5.57 Å². The van der Waals surface area contributed by atoms with E-state index >= 15 is 0 Å². The van der Waals surface area contributed by atoms with Crippen molar-refractivity contribution < 1.29 is 4.79 Å².